The largest absolute Gasteiger partial charge is 0.490 e. The maximum Gasteiger partial charge on any atom is 0.490 e. The Morgan fingerprint density at radius 2 is 1.88 bits per heavy atom. The van der Waals surface area contributed by atoms with Gasteiger partial charge in [0, 0.05) is 12.6 Å². The number of phosphoric ester groups is 1. The second kappa shape index (κ2) is 14.3. The van der Waals surface area contributed by atoms with Crippen LogP contribution >= 0.6 is 23.5 Å². The van der Waals surface area contributed by atoms with Crippen molar-refractivity contribution in [2.45, 2.75) is 50.9 Å². The predicted octanol–water partition coefficient (Wildman–Crippen LogP) is 1.02. The van der Waals surface area contributed by atoms with E-state index in [9.17, 15) is 28.3 Å². The summed E-state index contributed by atoms with van der Waals surface area (Å²) in [6.45, 7) is 0.121. The van der Waals surface area contributed by atoms with Crippen molar-refractivity contribution in [1.29, 1.82) is 0 Å². The average molecular weight is 640 g/mol. The number of ether oxygens (including phenoxy) is 1. The number of nitrogens with one attached hydrogen (secondary N) is 1. The van der Waals surface area contributed by atoms with Crippen LogP contribution in [0.3, 0.4) is 0 Å². The number of carbonyl (C=O) groups excluding carboxylic acids is 1. The fourth-order valence-corrected chi connectivity index (χ4v) is 6.94. The lowest BCUT2D eigenvalue weighted by molar-refractivity contribution is -0.120. The molecule has 0 radical (unpaired) electrons. The molecule has 3 heterocycles. The first-order chi connectivity index (χ1) is 19.2. The zero-order chi connectivity index (χ0) is 30.3. The molecule has 1 aliphatic heterocycles. The third kappa shape index (κ3) is 10.5. The normalized spacial score (nSPS) is 20.2. The number of rotatable bonds is 14. The lowest BCUT2D eigenvalue weighted by Gasteiger charge is -2.19. The predicted molar refractivity (Wildman–Crippen MR) is 142 cm³/mol. The van der Waals surface area contributed by atoms with Crippen LogP contribution in [0.15, 0.2) is 12.5 Å². The highest BCUT2D eigenvalue weighted by atomic mass is 31.3. The highest BCUT2D eigenvalue weighted by Crippen LogP contribution is 2.66. The molecule has 0 saturated carbocycles. The minimum absolute atomic E-state index is 0.110. The van der Waals surface area contributed by atoms with Crippen LogP contribution in [0.4, 0.5) is 5.82 Å². The first-order valence-corrected chi connectivity index (χ1v) is 16.7. The van der Waals surface area contributed by atoms with Gasteiger partial charge in [-0.05, 0) is 32.2 Å². The Bertz CT molecular complexity index is 1440. The first-order valence-electron chi connectivity index (χ1n) is 12.2. The lowest BCUT2D eigenvalue weighted by atomic mass is 10.2. The Hall–Kier alpha value is -2.22. The molecule has 0 aromatic carbocycles. The molecule has 0 spiro atoms. The number of carbonyl (C=O) groups is 1. The summed E-state index contributed by atoms with van der Waals surface area (Å²) in [5.41, 5.74) is 12.4. The van der Waals surface area contributed by atoms with Crippen molar-refractivity contribution < 1.29 is 55.9 Å². The van der Waals surface area contributed by atoms with Gasteiger partial charge in [0.15, 0.2) is 0 Å². The van der Waals surface area contributed by atoms with Crippen LogP contribution in [0.25, 0.3) is 11.0 Å². The van der Waals surface area contributed by atoms with Crippen LogP contribution < -0.4 is 16.8 Å². The second-order valence-corrected chi connectivity index (χ2v) is 13.2. The maximum absolute atomic E-state index is 12.0. The van der Waals surface area contributed by atoms with Gasteiger partial charge in [0.2, 0.25) is 5.91 Å². The van der Waals surface area contributed by atoms with Gasteiger partial charge in [-0.2, -0.15) is 8.62 Å². The molecule has 1 fully saturated rings. The molecule has 2 aromatic rings. The van der Waals surface area contributed by atoms with E-state index in [1.165, 1.54) is 6.33 Å². The quantitative estimate of drug-likeness (QED) is 0.0862. The molecule has 1 saturated heterocycles. The fourth-order valence-electron chi connectivity index (χ4n) is 3.89. The van der Waals surface area contributed by atoms with E-state index in [1.807, 2.05) is 0 Å². The van der Waals surface area contributed by atoms with Crippen molar-refractivity contribution in [2.24, 2.45) is 5.73 Å². The van der Waals surface area contributed by atoms with Crippen LogP contribution in [-0.4, -0.2) is 65.8 Å². The van der Waals surface area contributed by atoms with Gasteiger partial charge in [-0.1, -0.05) is 18.3 Å². The number of aromatic nitrogens is 3. The van der Waals surface area contributed by atoms with E-state index >= 15 is 0 Å². The molecule has 1 aliphatic rings. The van der Waals surface area contributed by atoms with E-state index in [2.05, 4.69) is 40.3 Å². The summed E-state index contributed by atoms with van der Waals surface area (Å²) in [6, 6.07) is 0. The van der Waals surface area contributed by atoms with Gasteiger partial charge in [0.1, 0.15) is 24.0 Å². The van der Waals surface area contributed by atoms with Gasteiger partial charge in [-0.25, -0.2) is 23.7 Å². The Labute approximate surface area is 234 Å². The van der Waals surface area contributed by atoms with E-state index in [-0.39, 0.29) is 18.3 Å². The van der Waals surface area contributed by atoms with Crippen molar-refractivity contribution in [3.63, 3.8) is 0 Å². The zero-order valence-electron chi connectivity index (χ0n) is 21.6. The molecule has 228 valence electrons. The lowest BCUT2D eigenvalue weighted by Crippen LogP contribution is -2.23. The minimum atomic E-state index is -5.62. The molecular formula is C20H31N6O12P3. The Kier molecular flexibility index (Phi) is 11.6. The van der Waals surface area contributed by atoms with Crippen molar-refractivity contribution in [2.75, 3.05) is 25.4 Å². The highest BCUT2D eigenvalue weighted by Gasteiger charge is 2.41. The summed E-state index contributed by atoms with van der Waals surface area (Å²) in [4.78, 5) is 56.4. The first kappa shape index (κ1) is 33.3. The summed E-state index contributed by atoms with van der Waals surface area (Å²) in [5, 5.41) is 3.19. The molecule has 9 N–H and O–H groups in total. The Morgan fingerprint density at radius 3 is 2.59 bits per heavy atom. The van der Waals surface area contributed by atoms with E-state index in [0.717, 1.165) is 19.3 Å². The van der Waals surface area contributed by atoms with Crippen LogP contribution in [0.2, 0.25) is 0 Å². The van der Waals surface area contributed by atoms with Crippen LogP contribution in [0.1, 0.15) is 50.3 Å². The zero-order valence-corrected chi connectivity index (χ0v) is 24.2. The number of nitrogen functional groups attached to an aromatic ring is 1. The molecule has 21 heteroatoms. The Morgan fingerprint density at radius 1 is 1.12 bits per heavy atom. The van der Waals surface area contributed by atoms with Gasteiger partial charge in [0.25, 0.3) is 0 Å². The minimum Gasteiger partial charge on any atom is -0.383 e. The topological polar surface area (TPSA) is 281 Å². The molecule has 0 bridgehead atoms. The van der Waals surface area contributed by atoms with E-state index in [0.29, 0.717) is 42.4 Å². The number of anilines is 1. The van der Waals surface area contributed by atoms with E-state index in [4.69, 9.17) is 26.0 Å². The molecule has 0 aliphatic carbocycles. The molecule has 4 atom stereocenters. The third-order valence-electron chi connectivity index (χ3n) is 5.58. The highest BCUT2D eigenvalue weighted by molar-refractivity contribution is 7.66. The molecule has 18 nitrogen and oxygen atoms in total. The number of phosphoric acid groups is 3. The van der Waals surface area contributed by atoms with Gasteiger partial charge >= 0.3 is 23.5 Å². The second-order valence-electron chi connectivity index (χ2n) is 8.76. The summed E-state index contributed by atoms with van der Waals surface area (Å²) < 4.78 is 53.8. The molecule has 2 unspecified atom stereocenters. The standard InChI is InChI=1S/C20H31N6O12P3/c21-9-3-1-2-6-16(27)23-10-4-5-14-11-26(20-18(14)19(22)24-13-25-20)17-8-7-15(36-17)12-35-40(31,32)38-41(33,34)37-39(28,29)30/h11,13,15,17H,1-3,6-10,12,21H2,(H,23,27)(H,31,32)(H,33,34)(H2,22,24,25)(H2,28,29,30)/t15-,17+/m0/s1. The number of unbranched alkanes of at least 4 members (excludes halogenated alkanes) is 2. The summed E-state index contributed by atoms with van der Waals surface area (Å²) in [7, 11) is -16.4. The third-order valence-corrected chi connectivity index (χ3v) is 9.38. The van der Waals surface area contributed by atoms with E-state index in [1.54, 1.807) is 10.8 Å². The van der Waals surface area contributed by atoms with Gasteiger partial charge < -0.3 is 45.7 Å². The molecule has 41 heavy (non-hydrogen) atoms. The number of hydrogen-bond acceptors (Lipinski definition) is 12. The monoisotopic (exact) mass is 640 g/mol. The molecular weight excluding hydrogens is 609 g/mol. The van der Waals surface area contributed by atoms with E-state index < -0.39 is 42.4 Å². The van der Waals surface area contributed by atoms with Crippen LogP contribution in [-0.2, 0) is 36.4 Å². The fraction of sp³-hybridized carbons (Fsp3) is 0.550. The number of nitrogens with zero attached hydrogens (tertiary/aromatic N) is 3. The van der Waals surface area contributed by atoms with Gasteiger partial charge in [-0.15, -0.1) is 0 Å². The van der Waals surface area contributed by atoms with Gasteiger partial charge in [-0.3, -0.25) is 9.32 Å². The summed E-state index contributed by atoms with van der Waals surface area (Å²) in [5.74, 6) is 5.87. The van der Waals surface area contributed by atoms with Crippen molar-refractivity contribution in [1.82, 2.24) is 19.9 Å². The van der Waals surface area contributed by atoms with Crippen LogP contribution in [0.5, 0.6) is 0 Å². The average Bonchev–Trinajstić information content (AvgIpc) is 3.46. The van der Waals surface area contributed by atoms with Crippen LogP contribution in [0, 0.1) is 11.8 Å². The van der Waals surface area contributed by atoms with Crippen molar-refractivity contribution >= 4 is 46.2 Å². The molecule has 1 amide bonds. The summed E-state index contributed by atoms with van der Waals surface area (Å²) in [6.07, 6.45) is 5.05. The van der Waals surface area contributed by atoms with Crippen molar-refractivity contribution in [3.05, 3.63) is 18.1 Å². The molecule has 3 rings (SSSR count). The van der Waals surface area contributed by atoms with Gasteiger partial charge in [0.05, 0.1) is 30.2 Å². The number of fused-ring (bicyclic) bond motifs is 1. The molecule has 2 aromatic heterocycles. The smallest absolute Gasteiger partial charge is 0.383 e. The van der Waals surface area contributed by atoms with Crippen molar-refractivity contribution in [3.8, 4) is 11.8 Å². The summed E-state index contributed by atoms with van der Waals surface area (Å²) >= 11 is 0. The Balaban J connectivity index is 1.63. The number of amides is 1. The SMILES string of the molecule is NCCCCCC(=O)NCC#Cc1cn([C@H]2CC[C@@H](COP(=O)(O)OP(=O)(O)OP(=O)(O)O)O2)c2ncnc(N)c12. The maximum atomic E-state index is 12.0. The number of nitrogens with two attached hydrogens (primary N) is 2. The number of hydrogen-bond donors (Lipinski definition) is 7.